The Balaban J connectivity index is 1.15. The van der Waals surface area contributed by atoms with Crippen LogP contribution in [0.4, 0.5) is 0 Å². The number of hydrogen-bond acceptors (Lipinski definition) is 7. The van der Waals surface area contributed by atoms with Gasteiger partial charge < -0.3 is 25.1 Å². The molecular weight excluding hydrogens is 527 g/mol. The molecule has 0 aromatic heterocycles. The van der Waals surface area contributed by atoms with Crippen LogP contribution in [0.1, 0.15) is 43.7 Å². The molecule has 0 bridgehead atoms. The molecule has 3 aliphatic rings. The molecule has 4 unspecified atom stereocenters. The summed E-state index contributed by atoms with van der Waals surface area (Å²) in [4.78, 5) is 19.5. The zero-order valence-electron chi connectivity index (χ0n) is 21.0. The van der Waals surface area contributed by atoms with Gasteiger partial charge in [0.2, 0.25) is 0 Å². The standard InChI is InChI=1S/C27H33N2O5PS2/c1-26(34-35(31,32)33)16-22(17-26)21-11-9-20(10-12-21)19-7-4-18(5-8-19)6-13-23-24(37-23)29-15-14-28-25(29)27(2,30)36-3/h4-15,22-25,28,30H,16-17H2,1-3H3,(H2,31,32,33)/b13-6+. The highest BCUT2D eigenvalue weighted by molar-refractivity contribution is 8.07. The van der Waals surface area contributed by atoms with Gasteiger partial charge in [-0.2, -0.15) is 0 Å². The smallest absolute Gasteiger partial charge is 0.376 e. The van der Waals surface area contributed by atoms with E-state index in [9.17, 15) is 9.67 Å². The van der Waals surface area contributed by atoms with Gasteiger partial charge in [-0.3, -0.25) is 4.52 Å². The lowest BCUT2D eigenvalue weighted by Crippen LogP contribution is -2.52. The van der Waals surface area contributed by atoms with Crippen molar-refractivity contribution in [2.75, 3.05) is 6.26 Å². The molecule has 1 aliphatic carbocycles. The van der Waals surface area contributed by atoms with E-state index in [0.29, 0.717) is 23.5 Å². The van der Waals surface area contributed by atoms with E-state index in [1.807, 2.05) is 37.3 Å². The third-order valence-corrected chi connectivity index (χ3v) is 10.3. The van der Waals surface area contributed by atoms with Gasteiger partial charge in [0.05, 0.1) is 16.2 Å². The van der Waals surface area contributed by atoms with Crippen molar-refractivity contribution < 1.29 is 24.0 Å². The van der Waals surface area contributed by atoms with E-state index >= 15 is 0 Å². The monoisotopic (exact) mass is 560 g/mol. The predicted octanol–water partition coefficient (Wildman–Crippen LogP) is 5.33. The lowest BCUT2D eigenvalue weighted by Gasteiger charge is -2.44. The Morgan fingerprint density at radius 3 is 2.38 bits per heavy atom. The summed E-state index contributed by atoms with van der Waals surface area (Å²) < 4.78 is 16.1. The van der Waals surface area contributed by atoms with E-state index in [-0.39, 0.29) is 12.1 Å². The summed E-state index contributed by atoms with van der Waals surface area (Å²) in [6.45, 7) is 3.60. The van der Waals surface area contributed by atoms with Crippen molar-refractivity contribution in [3.05, 3.63) is 78.1 Å². The second-order valence-electron chi connectivity index (χ2n) is 10.3. The molecule has 5 rings (SSSR count). The Bertz CT molecular complexity index is 1220. The van der Waals surface area contributed by atoms with Gasteiger partial charge in [0.15, 0.2) is 0 Å². The largest absolute Gasteiger partial charge is 0.470 e. The van der Waals surface area contributed by atoms with Gasteiger partial charge in [0.25, 0.3) is 0 Å². The zero-order chi connectivity index (χ0) is 26.4. The molecule has 10 heteroatoms. The number of phosphoric acid groups is 1. The van der Waals surface area contributed by atoms with E-state index in [4.69, 9.17) is 14.3 Å². The van der Waals surface area contributed by atoms with Crippen molar-refractivity contribution in [2.24, 2.45) is 0 Å². The number of aliphatic hydroxyl groups is 1. The lowest BCUT2D eigenvalue weighted by atomic mass is 9.69. The number of benzene rings is 2. The van der Waals surface area contributed by atoms with E-state index in [1.54, 1.807) is 6.92 Å². The number of rotatable bonds is 9. The molecule has 2 heterocycles. The van der Waals surface area contributed by atoms with Crippen molar-refractivity contribution in [1.29, 1.82) is 0 Å². The van der Waals surface area contributed by atoms with Gasteiger partial charge in [0, 0.05) is 12.4 Å². The molecular formula is C27H33N2O5PS2. The first kappa shape index (κ1) is 26.9. The highest BCUT2D eigenvalue weighted by Crippen LogP contribution is 2.54. The fourth-order valence-electron chi connectivity index (χ4n) is 5.18. The van der Waals surface area contributed by atoms with Crippen LogP contribution < -0.4 is 5.32 Å². The van der Waals surface area contributed by atoms with Gasteiger partial charge in [-0.1, -0.05) is 60.7 Å². The van der Waals surface area contributed by atoms with Gasteiger partial charge in [-0.15, -0.1) is 23.5 Å². The Labute approximate surface area is 226 Å². The number of hydrogen-bond donors (Lipinski definition) is 4. The lowest BCUT2D eigenvalue weighted by molar-refractivity contribution is -0.0285. The summed E-state index contributed by atoms with van der Waals surface area (Å²) >= 11 is 3.32. The molecule has 0 radical (unpaired) electrons. The Hall–Kier alpha value is -1.71. The minimum atomic E-state index is -4.47. The molecule has 0 amide bonds. The van der Waals surface area contributed by atoms with Crippen LogP contribution in [0.15, 0.2) is 67.0 Å². The first-order chi connectivity index (χ1) is 17.5. The normalized spacial score (nSPS) is 30.7. The summed E-state index contributed by atoms with van der Waals surface area (Å²) in [6.07, 6.45) is 11.3. The molecule has 2 aliphatic heterocycles. The average molecular weight is 561 g/mol. The molecule has 2 fully saturated rings. The van der Waals surface area contributed by atoms with E-state index in [2.05, 4.69) is 70.9 Å². The quantitative estimate of drug-likeness (QED) is 0.184. The SMILES string of the molecule is CSC(C)(O)C1NC=CN1C1SC1/C=C/c1ccc(-c2ccc(C3CC(C)(OP(=O)(O)O)C3)cc2)cc1. The van der Waals surface area contributed by atoms with Gasteiger partial charge >= 0.3 is 7.82 Å². The number of nitrogens with one attached hydrogen (secondary N) is 1. The van der Waals surface area contributed by atoms with Crippen molar-refractivity contribution >= 4 is 37.4 Å². The van der Waals surface area contributed by atoms with Crippen molar-refractivity contribution in [3.63, 3.8) is 0 Å². The molecule has 2 aromatic rings. The second kappa shape index (κ2) is 10.1. The van der Waals surface area contributed by atoms with Crippen molar-refractivity contribution in [2.45, 2.75) is 59.9 Å². The molecule has 1 saturated carbocycles. The summed E-state index contributed by atoms with van der Waals surface area (Å²) in [5.74, 6) is 0.246. The number of phosphoric ester groups is 1. The Kier molecular flexibility index (Phi) is 7.35. The molecule has 2 aromatic carbocycles. The highest BCUT2D eigenvalue weighted by Gasteiger charge is 2.48. The minimum Gasteiger partial charge on any atom is -0.376 e. The fraction of sp³-hybridized carbons (Fsp3) is 0.407. The first-order valence-electron chi connectivity index (χ1n) is 12.2. The first-order valence-corrected chi connectivity index (χ1v) is 15.9. The molecule has 0 spiro atoms. The molecule has 4 atom stereocenters. The Morgan fingerprint density at radius 1 is 1.16 bits per heavy atom. The molecule has 7 nitrogen and oxygen atoms in total. The number of nitrogens with zero attached hydrogens (tertiary/aromatic N) is 1. The van der Waals surface area contributed by atoms with Crippen LogP contribution in [0.3, 0.4) is 0 Å². The second-order valence-corrected chi connectivity index (χ2v) is 14.0. The van der Waals surface area contributed by atoms with Crippen LogP contribution in [-0.4, -0.2) is 53.4 Å². The zero-order valence-corrected chi connectivity index (χ0v) is 23.5. The highest BCUT2D eigenvalue weighted by atomic mass is 32.2. The van der Waals surface area contributed by atoms with E-state index in [0.717, 1.165) is 22.3 Å². The maximum Gasteiger partial charge on any atom is 0.470 e. The topological polar surface area (TPSA) is 102 Å². The van der Waals surface area contributed by atoms with E-state index < -0.39 is 18.4 Å². The number of thioether (sulfide) groups is 2. The van der Waals surface area contributed by atoms with Crippen molar-refractivity contribution in [3.8, 4) is 11.1 Å². The van der Waals surface area contributed by atoms with Gasteiger partial charge in [-0.05, 0) is 61.1 Å². The van der Waals surface area contributed by atoms with Crippen LogP contribution in [-0.2, 0) is 9.09 Å². The van der Waals surface area contributed by atoms with Gasteiger partial charge in [-0.25, -0.2) is 4.57 Å². The van der Waals surface area contributed by atoms with E-state index in [1.165, 1.54) is 11.8 Å². The summed E-state index contributed by atoms with van der Waals surface area (Å²) in [6, 6.07) is 16.9. The molecule has 4 N–H and O–H groups in total. The van der Waals surface area contributed by atoms with Crippen LogP contribution >= 0.6 is 31.3 Å². The summed E-state index contributed by atoms with van der Waals surface area (Å²) in [7, 11) is -4.47. The van der Waals surface area contributed by atoms with Crippen LogP contribution in [0, 0.1) is 0 Å². The third kappa shape index (κ3) is 6.14. The third-order valence-electron chi connectivity index (χ3n) is 7.31. The van der Waals surface area contributed by atoms with Crippen LogP contribution in [0.5, 0.6) is 0 Å². The molecule has 37 heavy (non-hydrogen) atoms. The average Bonchev–Trinajstić information content (AvgIpc) is 3.43. The summed E-state index contributed by atoms with van der Waals surface area (Å²) in [5.41, 5.74) is 3.82. The minimum absolute atomic E-state index is 0.133. The maximum atomic E-state index is 11.2. The van der Waals surface area contributed by atoms with Crippen LogP contribution in [0.25, 0.3) is 17.2 Å². The Morgan fingerprint density at radius 2 is 1.78 bits per heavy atom. The van der Waals surface area contributed by atoms with Crippen molar-refractivity contribution in [1.82, 2.24) is 10.2 Å². The summed E-state index contributed by atoms with van der Waals surface area (Å²) in [5, 5.41) is 14.6. The predicted molar refractivity (Wildman–Crippen MR) is 152 cm³/mol. The van der Waals surface area contributed by atoms with Crippen LogP contribution in [0.2, 0.25) is 0 Å². The maximum absolute atomic E-state index is 11.2. The van der Waals surface area contributed by atoms with Gasteiger partial charge in [0.1, 0.15) is 11.1 Å². The fourth-order valence-corrected chi connectivity index (χ4v) is 7.28. The molecule has 198 valence electrons. The molecule has 1 saturated heterocycles.